The maximum Gasteiger partial charge on any atom is 0.229 e. The van der Waals surface area contributed by atoms with Crippen molar-refractivity contribution in [1.29, 1.82) is 0 Å². The van der Waals surface area contributed by atoms with Crippen molar-refractivity contribution in [3.8, 4) is 5.75 Å². The van der Waals surface area contributed by atoms with Crippen LogP contribution in [0.15, 0.2) is 24.3 Å². The minimum absolute atomic E-state index is 0.292. The average Bonchev–Trinajstić information content (AvgIpc) is 3.18. The van der Waals surface area contributed by atoms with Crippen molar-refractivity contribution in [2.45, 2.75) is 51.0 Å². The van der Waals surface area contributed by atoms with Gasteiger partial charge >= 0.3 is 0 Å². The van der Waals surface area contributed by atoms with Gasteiger partial charge in [0.1, 0.15) is 11.6 Å². The summed E-state index contributed by atoms with van der Waals surface area (Å²) >= 11 is 6.02. The quantitative estimate of drug-likeness (QED) is 0.732. The number of para-hydroxylation sites is 1. The molecule has 0 radical (unpaired) electrons. The van der Waals surface area contributed by atoms with E-state index in [9.17, 15) is 0 Å². The van der Waals surface area contributed by atoms with E-state index >= 15 is 0 Å². The average molecular weight is 428 g/mol. The normalized spacial score (nSPS) is 24.2. The van der Waals surface area contributed by atoms with Crippen LogP contribution < -0.4 is 9.64 Å². The summed E-state index contributed by atoms with van der Waals surface area (Å²) in [6, 6.07) is 9.24. The van der Waals surface area contributed by atoms with E-state index in [1.54, 1.807) is 7.11 Å². The summed E-state index contributed by atoms with van der Waals surface area (Å²) < 4.78 is 5.60. The summed E-state index contributed by atoms with van der Waals surface area (Å²) in [6.07, 6.45) is 6.35. The third-order valence-corrected chi connectivity index (χ3v) is 7.51. The molecule has 1 aromatic heterocycles. The lowest BCUT2D eigenvalue weighted by Crippen LogP contribution is -2.56. The van der Waals surface area contributed by atoms with Crippen LogP contribution in [0.4, 0.5) is 5.95 Å². The largest absolute Gasteiger partial charge is 0.496 e. The van der Waals surface area contributed by atoms with Crippen molar-refractivity contribution in [2.75, 3.05) is 38.2 Å². The number of anilines is 1. The van der Waals surface area contributed by atoms with Gasteiger partial charge in [-0.2, -0.15) is 9.97 Å². The van der Waals surface area contributed by atoms with E-state index in [4.69, 9.17) is 16.3 Å². The highest BCUT2D eigenvalue weighted by Crippen LogP contribution is 2.48. The molecule has 0 unspecified atom stereocenters. The van der Waals surface area contributed by atoms with Crippen LogP contribution in [-0.4, -0.2) is 59.2 Å². The van der Waals surface area contributed by atoms with Crippen LogP contribution >= 0.6 is 11.6 Å². The summed E-state index contributed by atoms with van der Waals surface area (Å²) in [6.45, 7) is 6.33. The van der Waals surface area contributed by atoms with Crippen LogP contribution in [-0.2, 0) is 0 Å². The highest BCUT2D eigenvalue weighted by Gasteiger charge is 2.50. The van der Waals surface area contributed by atoms with Gasteiger partial charge in [-0.3, -0.25) is 0 Å². The van der Waals surface area contributed by atoms with E-state index in [2.05, 4.69) is 49.0 Å². The van der Waals surface area contributed by atoms with Gasteiger partial charge in [0.05, 0.1) is 7.11 Å². The lowest BCUT2D eigenvalue weighted by molar-refractivity contribution is 0.131. The zero-order valence-corrected chi connectivity index (χ0v) is 18.6. The second kappa shape index (κ2) is 7.97. The van der Waals surface area contributed by atoms with Gasteiger partial charge < -0.3 is 14.5 Å². The summed E-state index contributed by atoms with van der Waals surface area (Å²) in [4.78, 5) is 17.9. The molecule has 0 N–H and O–H groups in total. The first-order valence-corrected chi connectivity index (χ1v) is 11.4. The molecule has 7 heteroatoms. The number of halogens is 1. The molecule has 0 amide bonds. The predicted molar refractivity (Wildman–Crippen MR) is 118 cm³/mol. The number of hydrogen-bond acceptors (Lipinski definition) is 6. The van der Waals surface area contributed by atoms with E-state index in [1.807, 2.05) is 6.92 Å². The van der Waals surface area contributed by atoms with Crippen molar-refractivity contribution in [3.63, 3.8) is 0 Å². The Hall–Kier alpha value is -1.92. The molecule has 160 valence electrons. The number of rotatable bonds is 4. The molecule has 3 aliphatic rings. The zero-order chi connectivity index (χ0) is 20.7. The number of methoxy groups -OCH3 is 1. The number of hydrogen-bond donors (Lipinski definition) is 0. The summed E-state index contributed by atoms with van der Waals surface area (Å²) in [7, 11) is 1.78. The first kappa shape index (κ1) is 20.0. The Kier molecular flexibility index (Phi) is 5.31. The Morgan fingerprint density at radius 3 is 2.57 bits per heavy atom. The number of aryl methyl sites for hydroxylation is 1. The predicted octanol–water partition coefficient (Wildman–Crippen LogP) is 4.08. The maximum atomic E-state index is 6.02. The number of ether oxygens (including phenoxy) is 1. The molecule has 5 rings (SSSR count). The second-order valence-corrected chi connectivity index (χ2v) is 9.59. The van der Waals surface area contributed by atoms with Crippen molar-refractivity contribution in [2.24, 2.45) is 5.41 Å². The summed E-state index contributed by atoms with van der Waals surface area (Å²) in [5, 5.41) is 0.292. The molecule has 2 aliphatic heterocycles. The smallest absolute Gasteiger partial charge is 0.229 e. The van der Waals surface area contributed by atoms with Crippen molar-refractivity contribution in [1.82, 2.24) is 19.9 Å². The molecule has 3 heterocycles. The topological polar surface area (TPSA) is 54.4 Å². The Morgan fingerprint density at radius 1 is 1.07 bits per heavy atom. The molecule has 30 heavy (non-hydrogen) atoms. The van der Waals surface area contributed by atoms with Crippen LogP contribution in [0, 0.1) is 12.3 Å². The van der Waals surface area contributed by atoms with E-state index in [0.29, 0.717) is 22.4 Å². The van der Waals surface area contributed by atoms with E-state index in [1.165, 1.54) is 50.8 Å². The van der Waals surface area contributed by atoms with Gasteiger partial charge in [-0.1, -0.05) is 18.2 Å². The highest BCUT2D eigenvalue weighted by molar-refractivity contribution is 6.28. The molecule has 2 saturated heterocycles. The molecular weight excluding hydrogens is 398 g/mol. The standard InChI is InChI=1S/C23H30ClN5O/c1-16-25-21(24)27-22(26-16)29-14-23(15-29)10-7-18(13-23)28-11-8-17(9-12-28)19-5-3-4-6-20(19)30-2/h3-6,17-18H,7-15H2,1-2H3/t18-/m1/s1. The minimum Gasteiger partial charge on any atom is -0.496 e. The van der Waals surface area contributed by atoms with Gasteiger partial charge in [0.15, 0.2) is 0 Å². The van der Waals surface area contributed by atoms with Crippen molar-refractivity contribution < 1.29 is 4.74 Å². The number of piperidine rings is 1. The number of benzene rings is 1. The van der Waals surface area contributed by atoms with Gasteiger partial charge in [0, 0.05) is 24.5 Å². The van der Waals surface area contributed by atoms with Gasteiger partial charge in [-0.25, -0.2) is 4.98 Å². The lowest BCUT2D eigenvalue weighted by atomic mass is 9.78. The molecule has 1 atom stereocenters. The third-order valence-electron chi connectivity index (χ3n) is 7.34. The third kappa shape index (κ3) is 3.76. The molecule has 2 aromatic rings. The molecule has 1 saturated carbocycles. The van der Waals surface area contributed by atoms with Gasteiger partial charge in [0.25, 0.3) is 0 Å². The van der Waals surface area contributed by atoms with Crippen molar-refractivity contribution in [3.05, 3.63) is 40.9 Å². The molecule has 1 spiro atoms. The second-order valence-electron chi connectivity index (χ2n) is 9.26. The Morgan fingerprint density at radius 2 is 1.83 bits per heavy atom. The molecule has 0 bridgehead atoms. The monoisotopic (exact) mass is 427 g/mol. The highest BCUT2D eigenvalue weighted by atomic mass is 35.5. The first-order valence-electron chi connectivity index (χ1n) is 11.1. The minimum atomic E-state index is 0.292. The number of nitrogens with zero attached hydrogens (tertiary/aromatic N) is 5. The fourth-order valence-corrected chi connectivity index (χ4v) is 6.03. The molecule has 6 nitrogen and oxygen atoms in total. The summed E-state index contributed by atoms with van der Waals surface area (Å²) in [5.74, 6) is 3.08. The fraction of sp³-hybridized carbons (Fsp3) is 0.609. The molecule has 3 fully saturated rings. The molecule has 1 aromatic carbocycles. The van der Waals surface area contributed by atoms with E-state index in [0.717, 1.165) is 30.8 Å². The Labute approximate surface area is 183 Å². The van der Waals surface area contributed by atoms with Crippen LogP contribution in [0.25, 0.3) is 0 Å². The van der Waals surface area contributed by atoms with Crippen LogP contribution in [0.2, 0.25) is 5.28 Å². The Balaban J connectivity index is 1.16. The lowest BCUT2D eigenvalue weighted by Gasteiger charge is -2.49. The van der Waals surface area contributed by atoms with Gasteiger partial charge in [0.2, 0.25) is 11.2 Å². The maximum absolute atomic E-state index is 6.02. The molecule has 1 aliphatic carbocycles. The van der Waals surface area contributed by atoms with Gasteiger partial charge in [-0.05, 0) is 81.3 Å². The summed E-state index contributed by atoms with van der Waals surface area (Å²) in [5.41, 5.74) is 1.81. The molecular formula is C23H30ClN5O. The first-order chi connectivity index (χ1) is 14.5. The zero-order valence-electron chi connectivity index (χ0n) is 17.9. The van der Waals surface area contributed by atoms with Crippen LogP contribution in [0.1, 0.15) is 49.4 Å². The number of aromatic nitrogens is 3. The van der Waals surface area contributed by atoms with E-state index < -0.39 is 0 Å². The van der Waals surface area contributed by atoms with E-state index in [-0.39, 0.29) is 0 Å². The Bertz CT molecular complexity index is 888. The SMILES string of the molecule is COc1ccccc1C1CCN([C@@H]2CCC3(C2)CN(c2nc(C)nc(Cl)n2)C3)CC1. The van der Waals surface area contributed by atoms with Crippen LogP contribution in [0.3, 0.4) is 0 Å². The number of likely N-dealkylation sites (tertiary alicyclic amines) is 1. The fourth-order valence-electron chi connectivity index (χ4n) is 5.84. The van der Waals surface area contributed by atoms with Crippen LogP contribution in [0.5, 0.6) is 5.75 Å². The van der Waals surface area contributed by atoms with Crippen molar-refractivity contribution >= 4 is 17.5 Å². The van der Waals surface area contributed by atoms with Gasteiger partial charge in [-0.15, -0.1) is 0 Å².